The number of aromatic nitrogens is 2. The van der Waals surface area contributed by atoms with E-state index in [9.17, 15) is 27.2 Å². The number of carbonyl (C=O) groups is 1. The number of nitrogens with one attached hydrogen (secondary N) is 1. The Morgan fingerprint density at radius 3 is 2.46 bits per heavy atom. The Balaban J connectivity index is 1.69. The molecule has 0 aliphatic heterocycles. The Morgan fingerprint density at radius 2 is 1.79 bits per heavy atom. The molecule has 1 amide bonds. The number of hydrogen-bond acceptors (Lipinski definition) is 4. The predicted octanol–water partition coefficient (Wildman–Crippen LogP) is 3.61. The molecule has 10 heteroatoms. The smallest absolute Gasteiger partial charge is 0.261 e. The van der Waals surface area contributed by atoms with Crippen LogP contribution < -0.4 is 10.9 Å². The average Bonchev–Trinajstić information content (AvgIpc) is 2.67. The molecule has 28 heavy (non-hydrogen) atoms. The van der Waals surface area contributed by atoms with Gasteiger partial charge in [0.25, 0.3) is 5.56 Å². The first-order valence-electron chi connectivity index (χ1n) is 8.01. The summed E-state index contributed by atoms with van der Waals surface area (Å²) in [5.74, 6) is -7.32. The first-order valence-corrected chi connectivity index (χ1v) is 8.99. The lowest BCUT2D eigenvalue weighted by atomic mass is 10.2. The molecule has 3 aromatic rings. The van der Waals surface area contributed by atoms with E-state index in [-0.39, 0.29) is 23.8 Å². The zero-order chi connectivity index (χ0) is 20.4. The third-order valence-corrected chi connectivity index (χ3v) is 4.91. The second kappa shape index (κ2) is 8.01. The quantitative estimate of drug-likeness (QED) is 0.302. The van der Waals surface area contributed by atoms with Crippen LogP contribution in [-0.4, -0.2) is 21.2 Å². The molecule has 5 nitrogen and oxygen atoms in total. The summed E-state index contributed by atoms with van der Waals surface area (Å²) in [5, 5.41) is 2.63. The van der Waals surface area contributed by atoms with E-state index in [2.05, 4.69) is 4.98 Å². The number of nitrogens with zero attached hydrogens (tertiary/aromatic N) is 2. The fraction of sp³-hybridized carbons (Fsp3) is 0.167. The summed E-state index contributed by atoms with van der Waals surface area (Å²) in [4.78, 5) is 28.5. The van der Waals surface area contributed by atoms with Crippen molar-refractivity contribution >= 4 is 34.3 Å². The lowest BCUT2D eigenvalue weighted by Crippen LogP contribution is -2.20. The molecular formula is C18H13F4N3O2S. The minimum Gasteiger partial charge on any atom is -0.321 e. The minimum absolute atomic E-state index is 0.0576. The molecule has 0 aliphatic rings. The van der Waals surface area contributed by atoms with Crippen molar-refractivity contribution in [3.05, 3.63) is 64.0 Å². The Hall–Kier alpha value is -2.88. The van der Waals surface area contributed by atoms with Crippen LogP contribution in [-0.2, 0) is 11.8 Å². The van der Waals surface area contributed by atoms with Crippen LogP contribution in [0.3, 0.4) is 0 Å². The van der Waals surface area contributed by atoms with Gasteiger partial charge in [-0.15, -0.1) is 0 Å². The molecule has 1 aromatic heterocycles. The van der Waals surface area contributed by atoms with Crippen molar-refractivity contribution in [2.45, 2.75) is 11.6 Å². The number of thioether (sulfide) groups is 1. The van der Waals surface area contributed by atoms with Gasteiger partial charge in [0, 0.05) is 25.3 Å². The number of carbonyl (C=O) groups excluding carboxylic acids is 1. The molecule has 0 atom stereocenters. The molecule has 0 saturated carbocycles. The topological polar surface area (TPSA) is 64.0 Å². The number of anilines is 1. The van der Waals surface area contributed by atoms with E-state index in [0.29, 0.717) is 16.1 Å². The summed E-state index contributed by atoms with van der Waals surface area (Å²) < 4.78 is 54.8. The fourth-order valence-corrected chi connectivity index (χ4v) is 3.36. The van der Waals surface area contributed by atoms with Crippen LogP contribution in [0.2, 0.25) is 0 Å². The molecule has 0 saturated heterocycles. The fourth-order valence-electron chi connectivity index (χ4n) is 2.45. The van der Waals surface area contributed by atoms with Crippen molar-refractivity contribution in [3.63, 3.8) is 0 Å². The van der Waals surface area contributed by atoms with E-state index >= 15 is 0 Å². The van der Waals surface area contributed by atoms with Crippen LogP contribution in [0.4, 0.5) is 23.2 Å². The highest BCUT2D eigenvalue weighted by Crippen LogP contribution is 2.24. The van der Waals surface area contributed by atoms with Gasteiger partial charge in [-0.1, -0.05) is 23.9 Å². The molecule has 0 radical (unpaired) electrons. The van der Waals surface area contributed by atoms with Crippen LogP contribution in [0.15, 0.2) is 40.3 Å². The van der Waals surface area contributed by atoms with Gasteiger partial charge in [-0.3, -0.25) is 14.2 Å². The SMILES string of the molecule is Cn1c(SCCC(=O)Nc2c(F)c(F)cc(F)c2F)nc2ccccc2c1=O. The van der Waals surface area contributed by atoms with Crippen molar-refractivity contribution in [1.82, 2.24) is 9.55 Å². The Kier molecular flexibility index (Phi) is 5.68. The third kappa shape index (κ3) is 3.86. The van der Waals surface area contributed by atoms with E-state index in [1.54, 1.807) is 24.3 Å². The number of fused-ring (bicyclic) bond motifs is 1. The molecule has 2 aromatic carbocycles. The molecule has 1 N–H and O–H groups in total. The van der Waals surface area contributed by atoms with Gasteiger partial charge in [0.2, 0.25) is 5.91 Å². The Labute approximate surface area is 160 Å². The van der Waals surface area contributed by atoms with Crippen molar-refractivity contribution in [2.75, 3.05) is 11.1 Å². The van der Waals surface area contributed by atoms with Crippen molar-refractivity contribution in [3.8, 4) is 0 Å². The summed E-state index contributed by atoms with van der Waals surface area (Å²) in [6.07, 6.45) is -0.232. The predicted molar refractivity (Wildman–Crippen MR) is 97.2 cm³/mol. The molecular weight excluding hydrogens is 398 g/mol. The van der Waals surface area contributed by atoms with Crippen LogP contribution >= 0.6 is 11.8 Å². The van der Waals surface area contributed by atoms with E-state index in [0.717, 1.165) is 11.8 Å². The van der Waals surface area contributed by atoms with Crippen molar-refractivity contribution < 1.29 is 22.4 Å². The number of amides is 1. The standard InChI is InChI=1S/C18H13F4N3O2S/c1-25-17(27)9-4-2-3-5-12(9)23-18(25)28-7-6-13(26)24-16-14(21)10(19)8-11(20)15(16)22/h2-5,8H,6-7H2,1H3,(H,24,26). The van der Waals surface area contributed by atoms with Crippen LogP contribution in [0.1, 0.15) is 6.42 Å². The van der Waals surface area contributed by atoms with Crippen molar-refractivity contribution in [2.24, 2.45) is 7.05 Å². The maximum absolute atomic E-state index is 13.6. The highest BCUT2D eigenvalue weighted by atomic mass is 32.2. The zero-order valence-electron chi connectivity index (χ0n) is 14.4. The molecule has 0 spiro atoms. The van der Waals surface area contributed by atoms with Crippen LogP contribution in [0.5, 0.6) is 0 Å². The lowest BCUT2D eigenvalue weighted by molar-refractivity contribution is -0.115. The number of rotatable bonds is 5. The zero-order valence-corrected chi connectivity index (χ0v) is 15.2. The summed E-state index contributed by atoms with van der Waals surface area (Å²) in [6.45, 7) is 0. The second-order valence-electron chi connectivity index (χ2n) is 5.77. The van der Waals surface area contributed by atoms with E-state index in [1.165, 1.54) is 11.6 Å². The Morgan fingerprint density at radius 1 is 1.14 bits per heavy atom. The number of hydrogen-bond donors (Lipinski definition) is 1. The number of halogens is 4. The highest BCUT2D eigenvalue weighted by Gasteiger charge is 2.21. The van der Waals surface area contributed by atoms with Gasteiger partial charge in [0.1, 0.15) is 5.69 Å². The molecule has 0 unspecified atom stereocenters. The molecule has 0 fully saturated rings. The van der Waals surface area contributed by atoms with Gasteiger partial charge in [0.15, 0.2) is 28.4 Å². The monoisotopic (exact) mass is 411 g/mol. The molecule has 0 bridgehead atoms. The van der Waals surface area contributed by atoms with Crippen LogP contribution in [0, 0.1) is 23.3 Å². The van der Waals surface area contributed by atoms with Crippen molar-refractivity contribution in [1.29, 1.82) is 0 Å². The molecule has 146 valence electrons. The first-order chi connectivity index (χ1) is 13.3. The number of para-hydroxylation sites is 1. The lowest BCUT2D eigenvalue weighted by Gasteiger charge is -2.10. The maximum Gasteiger partial charge on any atom is 0.261 e. The largest absolute Gasteiger partial charge is 0.321 e. The molecule has 0 aliphatic carbocycles. The van der Waals surface area contributed by atoms with E-state index < -0.39 is 34.9 Å². The highest BCUT2D eigenvalue weighted by molar-refractivity contribution is 7.99. The first kappa shape index (κ1) is 19.9. The normalized spacial score (nSPS) is 11.0. The third-order valence-electron chi connectivity index (χ3n) is 3.88. The Bertz CT molecular complexity index is 1110. The van der Waals surface area contributed by atoms with Gasteiger partial charge in [0.05, 0.1) is 10.9 Å². The van der Waals surface area contributed by atoms with E-state index in [4.69, 9.17) is 0 Å². The molecule has 3 rings (SSSR count). The number of benzene rings is 2. The average molecular weight is 411 g/mol. The van der Waals surface area contributed by atoms with Gasteiger partial charge >= 0.3 is 0 Å². The minimum atomic E-state index is -1.68. The van der Waals surface area contributed by atoms with Gasteiger partial charge in [-0.05, 0) is 12.1 Å². The summed E-state index contributed by atoms with van der Waals surface area (Å²) in [5.41, 5.74) is -0.933. The maximum atomic E-state index is 13.6. The summed E-state index contributed by atoms with van der Waals surface area (Å²) in [6, 6.07) is 6.83. The van der Waals surface area contributed by atoms with Gasteiger partial charge in [-0.25, -0.2) is 22.5 Å². The van der Waals surface area contributed by atoms with Crippen LogP contribution in [0.25, 0.3) is 10.9 Å². The van der Waals surface area contributed by atoms with Gasteiger partial charge in [-0.2, -0.15) is 0 Å². The summed E-state index contributed by atoms with van der Waals surface area (Å²) in [7, 11) is 1.53. The molecule has 1 heterocycles. The van der Waals surface area contributed by atoms with E-state index in [1.807, 2.05) is 5.32 Å². The second-order valence-corrected chi connectivity index (χ2v) is 6.83. The van der Waals surface area contributed by atoms with Gasteiger partial charge < -0.3 is 5.32 Å². The summed E-state index contributed by atoms with van der Waals surface area (Å²) >= 11 is 1.09.